The van der Waals surface area contributed by atoms with Crippen molar-refractivity contribution in [2.45, 2.75) is 13.0 Å². The molecular formula is C16H16ClNO. The first kappa shape index (κ1) is 13.6. The Bertz CT molecular complexity index is 551. The normalized spacial score (nSPS) is 11.9. The summed E-state index contributed by atoms with van der Waals surface area (Å²) in [5.41, 5.74) is 1.77. The third kappa shape index (κ3) is 3.15. The lowest BCUT2D eigenvalue weighted by atomic mass is 10.1. The van der Waals surface area contributed by atoms with E-state index in [1.54, 1.807) is 29.2 Å². The second-order valence-corrected chi connectivity index (χ2v) is 4.95. The van der Waals surface area contributed by atoms with Crippen LogP contribution in [-0.4, -0.2) is 17.9 Å². The SMILES string of the molecule is CC(c1ccccc1)N(C)C(=O)c1ccc(Cl)cc1. The first-order valence-electron chi connectivity index (χ1n) is 6.17. The molecule has 0 aliphatic rings. The van der Waals surface area contributed by atoms with Gasteiger partial charge >= 0.3 is 0 Å². The van der Waals surface area contributed by atoms with Crippen molar-refractivity contribution in [2.24, 2.45) is 0 Å². The van der Waals surface area contributed by atoms with E-state index in [-0.39, 0.29) is 11.9 Å². The molecule has 2 aromatic rings. The fraction of sp³-hybridized carbons (Fsp3) is 0.188. The van der Waals surface area contributed by atoms with Crippen LogP contribution in [0.15, 0.2) is 54.6 Å². The lowest BCUT2D eigenvalue weighted by Gasteiger charge is -2.25. The predicted octanol–water partition coefficient (Wildman–Crippen LogP) is 4.17. The molecule has 0 fully saturated rings. The summed E-state index contributed by atoms with van der Waals surface area (Å²) in [5.74, 6) is -0.00646. The van der Waals surface area contributed by atoms with Crippen LogP contribution in [-0.2, 0) is 0 Å². The second-order valence-electron chi connectivity index (χ2n) is 4.51. The number of hydrogen-bond acceptors (Lipinski definition) is 1. The van der Waals surface area contributed by atoms with E-state index in [1.807, 2.05) is 44.3 Å². The molecule has 0 saturated heterocycles. The third-order valence-electron chi connectivity index (χ3n) is 3.27. The highest BCUT2D eigenvalue weighted by atomic mass is 35.5. The molecule has 0 aliphatic carbocycles. The molecule has 0 spiro atoms. The van der Waals surface area contributed by atoms with Gasteiger partial charge in [0, 0.05) is 17.6 Å². The highest BCUT2D eigenvalue weighted by Crippen LogP contribution is 2.21. The molecule has 2 rings (SSSR count). The van der Waals surface area contributed by atoms with Gasteiger partial charge in [0.2, 0.25) is 0 Å². The minimum atomic E-state index is -0.00646. The molecular weight excluding hydrogens is 258 g/mol. The number of benzene rings is 2. The van der Waals surface area contributed by atoms with Crippen LogP contribution < -0.4 is 0 Å². The number of rotatable bonds is 3. The maximum absolute atomic E-state index is 12.4. The molecule has 1 amide bonds. The number of amides is 1. The average Bonchev–Trinajstić information content (AvgIpc) is 2.46. The molecule has 98 valence electrons. The minimum absolute atomic E-state index is 0.00646. The van der Waals surface area contributed by atoms with Crippen LogP contribution in [0.5, 0.6) is 0 Å². The topological polar surface area (TPSA) is 20.3 Å². The molecule has 3 heteroatoms. The monoisotopic (exact) mass is 273 g/mol. The Labute approximate surface area is 118 Å². The van der Waals surface area contributed by atoms with Gasteiger partial charge in [-0.2, -0.15) is 0 Å². The first-order valence-corrected chi connectivity index (χ1v) is 6.55. The van der Waals surface area contributed by atoms with Gasteiger partial charge in [-0.3, -0.25) is 4.79 Å². The number of carbonyl (C=O) groups excluding carboxylic acids is 1. The maximum atomic E-state index is 12.4. The van der Waals surface area contributed by atoms with E-state index in [2.05, 4.69) is 0 Å². The van der Waals surface area contributed by atoms with Crippen molar-refractivity contribution in [1.82, 2.24) is 4.90 Å². The van der Waals surface area contributed by atoms with E-state index in [0.717, 1.165) is 5.56 Å². The van der Waals surface area contributed by atoms with Gasteiger partial charge in [0.1, 0.15) is 0 Å². The molecule has 19 heavy (non-hydrogen) atoms. The van der Waals surface area contributed by atoms with Gasteiger partial charge in [-0.05, 0) is 36.8 Å². The van der Waals surface area contributed by atoms with Crippen molar-refractivity contribution >= 4 is 17.5 Å². The van der Waals surface area contributed by atoms with E-state index in [0.29, 0.717) is 10.6 Å². The van der Waals surface area contributed by atoms with Crippen LogP contribution in [0.4, 0.5) is 0 Å². The molecule has 0 heterocycles. The van der Waals surface area contributed by atoms with Crippen LogP contribution >= 0.6 is 11.6 Å². The van der Waals surface area contributed by atoms with Gasteiger partial charge in [-0.1, -0.05) is 41.9 Å². The van der Waals surface area contributed by atoms with Gasteiger partial charge in [0.25, 0.3) is 5.91 Å². The van der Waals surface area contributed by atoms with E-state index >= 15 is 0 Å². The Morgan fingerprint density at radius 2 is 1.63 bits per heavy atom. The van der Waals surface area contributed by atoms with Crippen molar-refractivity contribution in [3.8, 4) is 0 Å². The number of nitrogens with zero attached hydrogens (tertiary/aromatic N) is 1. The Morgan fingerprint density at radius 1 is 1.05 bits per heavy atom. The Kier molecular flexibility index (Phi) is 4.23. The van der Waals surface area contributed by atoms with Gasteiger partial charge < -0.3 is 4.90 Å². The molecule has 1 atom stereocenters. The van der Waals surface area contributed by atoms with Crippen LogP contribution in [0, 0.1) is 0 Å². The predicted molar refractivity (Wildman–Crippen MR) is 78.4 cm³/mol. The van der Waals surface area contributed by atoms with E-state index in [1.165, 1.54) is 0 Å². The summed E-state index contributed by atoms with van der Waals surface area (Å²) in [4.78, 5) is 14.1. The van der Waals surface area contributed by atoms with Gasteiger partial charge in [0.15, 0.2) is 0 Å². The zero-order valence-corrected chi connectivity index (χ0v) is 11.8. The van der Waals surface area contributed by atoms with Crippen LogP contribution in [0.3, 0.4) is 0 Å². The fourth-order valence-corrected chi connectivity index (χ4v) is 2.05. The molecule has 0 N–H and O–H groups in total. The summed E-state index contributed by atoms with van der Waals surface area (Å²) < 4.78 is 0. The second kappa shape index (κ2) is 5.89. The van der Waals surface area contributed by atoms with Crippen molar-refractivity contribution < 1.29 is 4.79 Å². The van der Waals surface area contributed by atoms with Crippen molar-refractivity contribution in [3.63, 3.8) is 0 Å². The Hall–Kier alpha value is -1.80. The summed E-state index contributed by atoms with van der Waals surface area (Å²) in [6, 6.07) is 17.0. The third-order valence-corrected chi connectivity index (χ3v) is 3.53. The molecule has 0 bridgehead atoms. The average molecular weight is 274 g/mol. The van der Waals surface area contributed by atoms with E-state index in [4.69, 9.17) is 11.6 Å². The summed E-state index contributed by atoms with van der Waals surface area (Å²) in [6.45, 7) is 2.02. The molecule has 0 aliphatic heterocycles. The molecule has 0 aromatic heterocycles. The highest BCUT2D eigenvalue weighted by molar-refractivity contribution is 6.30. The lowest BCUT2D eigenvalue weighted by Crippen LogP contribution is -2.29. The number of carbonyl (C=O) groups is 1. The quantitative estimate of drug-likeness (QED) is 0.822. The smallest absolute Gasteiger partial charge is 0.254 e. The van der Waals surface area contributed by atoms with Crippen LogP contribution in [0.25, 0.3) is 0 Å². The Morgan fingerprint density at radius 3 is 2.21 bits per heavy atom. The first-order chi connectivity index (χ1) is 9.09. The van der Waals surface area contributed by atoms with Crippen molar-refractivity contribution in [1.29, 1.82) is 0 Å². The van der Waals surface area contributed by atoms with E-state index < -0.39 is 0 Å². The standard InChI is InChI=1S/C16H16ClNO/c1-12(13-6-4-3-5-7-13)18(2)16(19)14-8-10-15(17)11-9-14/h3-12H,1-2H3. The molecule has 1 unspecified atom stereocenters. The van der Waals surface area contributed by atoms with Crippen molar-refractivity contribution in [3.05, 3.63) is 70.7 Å². The largest absolute Gasteiger partial charge is 0.335 e. The summed E-state index contributed by atoms with van der Waals surface area (Å²) in [5, 5.41) is 0.635. The fourth-order valence-electron chi connectivity index (χ4n) is 1.93. The number of halogens is 1. The molecule has 2 aromatic carbocycles. The molecule has 0 saturated carbocycles. The summed E-state index contributed by atoms with van der Waals surface area (Å²) in [6.07, 6.45) is 0. The zero-order chi connectivity index (χ0) is 13.8. The Balaban J connectivity index is 2.17. The van der Waals surface area contributed by atoms with Gasteiger partial charge in [-0.15, -0.1) is 0 Å². The summed E-state index contributed by atoms with van der Waals surface area (Å²) in [7, 11) is 1.81. The lowest BCUT2D eigenvalue weighted by molar-refractivity contribution is 0.0742. The number of hydrogen-bond donors (Lipinski definition) is 0. The maximum Gasteiger partial charge on any atom is 0.254 e. The molecule has 0 radical (unpaired) electrons. The van der Waals surface area contributed by atoms with Crippen LogP contribution in [0.2, 0.25) is 5.02 Å². The van der Waals surface area contributed by atoms with E-state index in [9.17, 15) is 4.79 Å². The van der Waals surface area contributed by atoms with Crippen LogP contribution in [0.1, 0.15) is 28.9 Å². The molecule has 2 nitrogen and oxygen atoms in total. The minimum Gasteiger partial charge on any atom is -0.335 e. The summed E-state index contributed by atoms with van der Waals surface area (Å²) >= 11 is 5.83. The van der Waals surface area contributed by atoms with Gasteiger partial charge in [-0.25, -0.2) is 0 Å². The zero-order valence-electron chi connectivity index (χ0n) is 11.0. The van der Waals surface area contributed by atoms with Crippen molar-refractivity contribution in [2.75, 3.05) is 7.05 Å². The highest BCUT2D eigenvalue weighted by Gasteiger charge is 2.18. The van der Waals surface area contributed by atoms with Gasteiger partial charge in [0.05, 0.1) is 6.04 Å².